The van der Waals surface area contributed by atoms with E-state index in [1.54, 1.807) is 31.2 Å². The van der Waals surface area contributed by atoms with E-state index in [1.165, 1.54) is 22.1 Å². The summed E-state index contributed by atoms with van der Waals surface area (Å²) in [6, 6.07) is 13.9. The van der Waals surface area contributed by atoms with Crippen LogP contribution in [0.15, 0.2) is 53.3 Å². The number of aryl methyl sites for hydroxylation is 2. The molecular formula is C28H39N5O5. The van der Waals surface area contributed by atoms with E-state index in [4.69, 9.17) is 0 Å². The van der Waals surface area contributed by atoms with E-state index in [2.05, 4.69) is 31.1 Å². The van der Waals surface area contributed by atoms with Gasteiger partial charge in [-0.2, -0.15) is 0 Å². The Morgan fingerprint density at radius 1 is 0.921 bits per heavy atom. The molecule has 0 unspecified atom stereocenters. The van der Waals surface area contributed by atoms with Gasteiger partial charge < -0.3 is 0 Å². The summed E-state index contributed by atoms with van der Waals surface area (Å²) in [5, 5.41) is 18.6. The highest BCUT2D eigenvalue weighted by Gasteiger charge is 2.26. The Morgan fingerprint density at radius 3 is 2.00 bits per heavy atom. The van der Waals surface area contributed by atoms with Gasteiger partial charge in [0.1, 0.15) is 5.52 Å². The fraction of sp³-hybridized carbons (Fsp3) is 0.464. The van der Waals surface area contributed by atoms with Gasteiger partial charge in [0.2, 0.25) is 11.8 Å². The van der Waals surface area contributed by atoms with E-state index in [1.807, 2.05) is 32.0 Å². The zero-order valence-electron chi connectivity index (χ0n) is 23.2. The van der Waals surface area contributed by atoms with Gasteiger partial charge in [0.05, 0.1) is 10.3 Å². The van der Waals surface area contributed by atoms with E-state index in [-0.39, 0.29) is 28.0 Å². The van der Waals surface area contributed by atoms with E-state index in [0.717, 1.165) is 17.9 Å². The number of rotatable bonds is 5. The molecule has 2 heterocycles. The summed E-state index contributed by atoms with van der Waals surface area (Å²) in [6.45, 7) is 13.4. The van der Waals surface area contributed by atoms with Gasteiger partial charge in [-0.3, -0.25) is 29.4 Å². The molecule has 0 saturated carbocycles. The molecule has 0 aliphatic carbocycles. The number of hydrogen-bond donors (Lipinski definition) is 0. The van der Waals surface area contributed by atoms with Crippen LogP contribution in [0.1, 0.15) is 66.4 Å². The number of fused-ring (bicyclic) bond motifs is 1. The summed E-state index contributed by atoms with van der Waals surface area (Å²) in [6.07, 6.45) is 2.96. The van der Waals surface area contributed by atoms with Gasteiger partial charge in [-0.15, -0.1) is 5.10 Å². The van der Waals surface area contributed by atoms with Crippen LogP contribution in [0.25, 0.3) is 10.9 Å². The maximum atomic E-state index is 11.6. The second-order valence-electron chi connectivity index (χ2n) is 8.84. The van der Waals surface area contributed by atoms with Crippen molar-refractivity contribution >= 4 is 28.4 Å². The number of imide groups is 1. The number of aromatic nitrogens is 3. The number of nitrogens with zero attached hydrogens (tertiary/aromatic N) is 5. The Balaban J connectivity index is 0.000000266. The average Bonchev–Trinajstić information content (AvgIpc) is 3.26. The largest absolute Gasteiger partial charge is 0.283 e. The van der Waals surface area contributed by atoms with E-state index < -0.39 is 0 Å². The highest BCUT2D eigenvalue weighted by atomic mass is 16.6. The average molecular weight is 526 g/mol. The second-order valence-corrected chi connectivity index (χ2v) is 8.84. The molecule has 1 fully saturated rings. The monoisotopic (exact) mass is 525 g/mol. The van der Waals surface area contributed by atoms with Crippen molar-refractivity contribution in [2.75, 3.05) is 6.54 Å². The first-order valence-corrected chi connectivity index (χ1v) is 13.0. The zero-order chi connectivity index (χ0) is 28.7. The van der Waals surface area contributed by atoms with Gasteiger partial charge in [-0.05, 0) is 43.9 Å². The summed E-state index contributed by atoms with van der Waals surface area (Å²) < 4.78 is 1.35. The molecule has 0 spiro atoms. The van der Waals surface area contributed by atoms with Crippen molar-refractivity contribution in [3.8, 4) is 0 Å². The molecule has 1 aromatic heterocycles. The highest BCUT2D eigenvalue weighted by Crippen LogP contribution is 2.13. The maximum Gasteiger partial charge on any atom is 0.277 e. The topological polar surface area (TPSA) is 128 Å². The molecule has 2 amide bonds. The van der Waals surface area contributed by atoms with Crippen LogP contribution in [-0.4, -0.2) is 43.2 Å². The van der Waals surface area contributed by atoms with Crippen molar-refractivity contribution in [2.45, 2.75) is 73.8 Å². The van der Waals surface area contributed by atoms with Crippen LogP contribution >= 0.6 is 0 Å². The van der Waals surface area contributed by atoms with Crippen LogP contribution < -0.4 is 5.56 Å². The van der Waals surface area contributed by atoms with Crippen molar-refractivity contribution in [1.29, 1.82) is 0 Å². The highest BCUT2D eigenvalue weighted by molar-refractivity contribution is 6.01. The molecule has 206 valence electrons. The van der Waals surface area contributed by atoms with Gasteiger partial charge in [-0.25, -0.2) is 4.68 Å². The smallest absolute Gasteiger partial charge is 0.277 e. The normalized spacial score (nSPS) is 12.2. The van der Waals surface area contributed by atoms with Crippen molar-refractivity contribution in [3.05, 3.63) is 74.6 Å². The molecule has 10 nitrogen and oxygen atoms in total. The summed E-state index contributed by atoms with van der Waals surface area (Å²) in [7, 11) is 0. The molecule has 0 bridgehead atoms. The molecule has 0 radical (unpaired) electrons. The number of carbonyl (C=O) groups excluding carboxylic acids is 2. The lowest BCUT2D eigenvalue weighted by Crippen LogP contribution is -2.28. The van der Waals surface area contributed by atoms with Crippen LogP contribution in [0.3, 0.4) is 0 Å². The number of carbonyl (C=O) groups is 2. The first-order chi connectivity index (χ1) is 18.1. The minimum absolute atomic E-state index is 0.0255. The van der Waals surface area contributed by atoms with Crippen LogP contribution in [-0.2, 0) is 22.6 Å². The van der Waals surface area contributed by atoms with Gasteiger partial charge in [0.25, 0.3) is 11.2 Å². The van der Waals surface area contributed by atoms with Crippen molar-refractivity contribution in [2.24, 2.45) is 5.92 Å². The van der Waals surface area contributed by atoms with Crippen molar-refractivity contribution in [3.63, 3.8) is 0 Å². The summed E-state index contributed by atoms with van der Waals surface area (Å²) in [5.41, 5.74) is 1.74. The van der Waals surface area contributed by atoms with E-state index >= 15 is 0 Å². The molecule has 0 N–H and O–H groups in total. The lowest BCUT2D eigenvalue weighted by Gasteiger charge is -2.08. The number of non-ortho nitro benzene ring substituents is 1. The minimum atomic E-state index is -0.376. The first kappa shape index (κ1) is 32.1. The van der Waals surface area contributed by atoms with Gasteiger partial charge in [-0.1, -0.05) is 63.6 Å². The Hall–Kier alpha value is -3.95. The first-order valence-electron chi connectivity index (χ1n) is 13.0. The fourth-order valence-electron chi connectivity index (χ4n) is 3.10. The van der Waals surface area contributed by atoms with Crippen LogP contribution in [0.2, 0.25) is 0 Å². The van der Waals surface area contributed by atoms with Gasteiger partial charge >= 0.3 is 0 Å². The second kappa shape index (κ2) is 16.7. The lowest BCUT2D eigenvalue weighted by atomic mass is 10.1. The zero-order valence-corrected chi connectivity index (χ0v) is 23.2. The molecule has 4 rings (SSSR count). The van der Waals surface area contributed by atoms with Crippen LogP contribution in [0.4, 0.5) is 5.69 Å². The summed E-state index contributed by atoms with van der Waals surface area (Å²) in [4.78, 5) is 44.3. The van der Waals surface area contributed by atoms with Crippen molar-refractivity contribution in [1.82, 2.24) is 19.9 Å². The third kappa shape index (κ3) is 10.2. The molecule has 38 heavy (non-hydrogen) atoms. The maximum absolute atomic E-state index is 11.6. The third-order valence-corrected chi connectivity index (χ3v) is 5.75. The number of likely N-dealkylation sites (tertiary alicyclic amines) is 1. The molecule has 1 aliphatic heterocycles. The molecule has 1 saturated heterocycles. The standard InChI is InChI=1S/C9H9N3O.C8H9NO2.C6H9NO2.C5H12/c1-2-12-9(13)7-5-3-4-6-8(7)10-11-12;1-2-7-4-3-5-8(6-7)9(10)11;1-2-7-5(8)3-4-6(7)9;1-4-5(2)3/h3-6H,2H2,1H3;3-6H,2H2,1H3;2-4H2,1H3;5H,4H2,1-3H3. The third-order valence-electron chi connectivity index (χ3n) is 5.75. The summed E-state index contributed by atoms with van der Waals surface area (Å²) >= 11 is 0. The Bertz CT molecular complexity index is 1240. The number of amides is 2. The molecule has 3 aromatic rings. The fourth-order valence-corrected chi connectivity index (χ4v) is 3.10. The SMILES string of the molecule is CCC(C)C.CCN1C(=O)CCC1=O.CCc1cccc([N+](=O)[O-])c1.CCn1nnc2ccccc2c1=O. The number of nitro benzene ring substituents is 1. The van der Waals surface area contributed by atoms with Gasteiger partial charge in [0.15, 0.2) is 0 Å². The number of hydrogen-bond acceptors (Lipinski definition) is 7. The molecule has 1 aliphatic rings. The predicted octanol–water partition coefficient (Wildman–Crippen LogP) is 5.18. The predicted molar refractivity (Wildman–Crippen MR) is 149 cm³/mol. The quantitative estimate of drug-likeness (QED) is 0.255. The number of nitro groups is 1. The number of benzene rings is 2. The molecular weight excluding hydrogens is 486 g/mol. The molecule has 10 heteroatoms. The lowest BCUT2D eigenvalue weighted by molar-refractivity contribution is -0.384. The van der Waals surface area contributed by atoms with E-state index in [0.29, 0.717) is 36.8 Å². The minimum Gasteiger partial charge on any atom is -0.283 e. The Kier molecular flexibility index (Phi) is 14.1. The summed E-state index contributed by atoms with van der Waals surface area (Å²) in [5.74, 6) is 0.833. The van der Waals surface area contributed by atoms with E-state index in [9.17, 15) is 24.5 Å². The molecule has 2 aromatic carbocycles. The van der Waals surface area contributed by atoms with Crippen LogP contribution in [0.5, 0.6) is 0 Å². The Morgan fingerprint density at radius 2 is 1.53 bits per heavy atom. The van der Waals surface area contributed by atoms with Crippen molar-refractivity contribution < 1.29 is 14.5 Å². The van der Waals surface area contributed by atoms with Crippen LogP contribution in [0, 0.1) is 16.0 Å². The van der Waals surface area contributed by atoms with Gasteiger partial charge in [0, 0.05) is 38.1 Å². The Labute approximate surface area is 223 Å². The molecule has 0 atom stereocenters.